The Kier molecular flexibility index (Phi) is 10.2. The van der Waals surface area contributed by atoms with Crippen molar-refractivity contribution in [2.24, 2.45) is 0 Å². The van der Waals surface area contributed by atoms with Crippen LogP contribution in [0.4, 0.5) is 0 Å². The molecule has 13 nitrogen and oxygen atoms in total. The molecule has 1 saturated heterocycles. The highest BCUT2D eigenvalue weighted by molar-refractivity contribution is 6.01. The summed E-state index contributed by atoms with van der Waals surface area (Å²) >= 11 is 0. The summed E-state index contributed by atoms with van der Waals surface area (Å²) in [4.78, 5) is 30.5. The third-order valence-corrected chi connectivity index (χ3v) is 11.2. The highest BCUT2D eigenvalue weighted by Crippen LogP contribution is 2.58. The van der Waals surface area contributed by atoms with Gasteiger partial charge in [-0.25, -0.2) is 0 Å². The Balaban J connectivity index is 1.54. The average molecular weight is 726 g/mol. The molecule has 3 heterocycles. The molecule has 5 atom stereocenters. The molecule has 0 aromatic heterocycles. The highest BCUT2D eigenvalue weighted by atomic mass is 16.5. The maximum Gasteiger partial charge on any atom is 0.267 e. The average Bonchev–Trinajstić information content (AvgIpc) is 3.12. The van der Waals surface area contributed by atoms with Gasteiger partial charge in [0.25, 0.3) is 5.91 Å². The van der Waals surface area contributed by atoms with Gasteiger partial charge in [0.15, 0.2) is 23.0 Å². The van der Waals surface area contributed by atoms with E-state index >= 15 is 0 Å². The largest absolute Gasteiger partial charge is 0.504 e. The maximum atomic E-state index is 14.0. The molecule has 0 aliphatic carbocycles. The summed E-state index contributed by atoms with van der Waals surface area (Å²) < 4.78 is 23.3. The van der Waals surface area contributed by atoms with Crippen LogP contribution >= 0.6 is 0 Å². The lowest BCUT2D eigenvalue weighted by Crippen LogP contribution is -2.68. The molecule has 0 spiro atoms. The van der Waals surface area contributed by atoms with Crippen LogP contribution < -0.4 is 29.6 Å². The number of aromatic hydroxyl groups is 2. The van der Waals surface area contributed by atoms with E-state index in [9.17, 15) is 25.1 Å². The monoisotopic (exact) mass is 725 g/mol. The second-order valence-corrected chi connectivity index (χ2v) is 13.9. The van der Waals surface area contributed by atoms with Crippen LogP contribution in [-0.2, 0) is 22.4 Å². The van der Waals surface area contributed by atoms with Crippen molar-refractivity contribution in [1.82, 2.24) is 20.4 Å². The summed E-state index contributed by atoms with van der Waals surface area (Å²) in [5.74, 6) is 0.581. The molecule has 2 amide bonds. The van der Waals surface area contributed by atoms with E-state index in [4.69, 9.17) is 18.9 Å². The number of fused-ring (bicyclic) bond motifs is 7. The number of phenols is 2. The summed E-state index contributed by atoms with van der Waals surface area (Å²) in [7, 11) is 8.06. The van der Waals surface area contributed by atoms with Gasteiger partial charge in [-0.1, -0.05) is 24.3 Å². The first-order valence-electron chi connectivity index (χ1n) is 17.5. The molecule has 4 N–H and O–H groups in total. The van der Waals surface area contributed by atoms with E-state index in [0.717, 1.165) is 16.7 Å². The fourth-order valence-electron chi connectivity index (χ4n) is 8.95. The number of ether oxygens (including phenoxy) is 4. The molecule has 1 fully saturated rings. The molecular formula is C40H47N5O8. The predicted octanol–water partition coefficient (Wildman–Crippen LogP) is 4.12. The first kappa shape index (κ1) is 37.3. The third kappa shape index (κ3) is 5.96. The molecule has 6 rings (SSSR count). The minimum absolute atomic E-state index is 0.00382. The quantitative estimate of drug-likeness (QED) is 0.235. The van der Waals surface area contributed by atoms with E-state index in [2.05, 4.69) is 26.5 Å². The lowest BCUT2D eigenvalue weighted by molar-refractivity contribution is -0.123. The Morgan fingerprint density at radius 3 is 1.98 bits per heavy atom. The Morgan fingerprint density at radius 2 is 1.43 bits per heavy atom. The number of rotatable bonds is 9. The van der Waals surface area contributed by atoms with Gasteiger partial charge in [0.05, 0.1) is 46.6 Å². The van der Waals surface area contributed by atoms with Crippen LogP contribution in [0.25, 0.3) is 6.08 Å². The molecule has 3 aromatic carbocycles. The Morgan fingerprint density at radius 1 is 0.887 bits per heavy atom. The number of aryl methyl sites for hydroxylation is 1. The van der Waals surface area contributed by atoms with Gasteiger partial charge in [-0.3, -0.25) is 19.4 Å². The minimum Gasteiger partial charge on any atom is -0.504 e. The minimum atomic E-state index is -0.769. The fourth-order valence-corrected chi connectivity index (χ4v) is 8.95. The molecule has 0 unspecified atom stereocenters. The molecule has 0 saturated carbocycles. The summed E-state index contributed by atoms with van der Waals surface area (Å²) in [6, 6.07) is 7.28. The summed E-state index contributed by atoms with van der Waals surface area (Å²) in [5, 5.41) is 40.5. The topological polar surface area (TPSA) is 166 Å². The van der Waals surface area contributed by atoms with Crippen molar-refractivity contribution in [3.05, 3.63) is 74.5 Å². The maximum absolute atomic E-state index is 14.0. The Labute approximate surface area is 309 Å². The van der Waals surface area contributed by atoms with Crippen molar-refractivity contribution in [1.29, 1.82) is 5.26 Å². The number of piperazine rings is 1. The second-order valence-electron chi connectivity index (χ2n) is 13.9. The fraction of sp³-hybridized carbons (Fsp3) is 0.425. The second kappa shape index (κ2) is 14.5. The number of benzene rings is 3. The summed E-state index contributed by atoms with van der Waals surface area (Å²) in [6.45, 7) is 6.82. The van der Waals surface area contributed by atoms with Gasteiger partial charge in [-0.05, 0) is 57.9 Å². The van der Waals surface area contributed by atoms with E-state index in [-0.39, 0.29) is 35.5 Å². The zero-order chi connectivity index (χ0) is 38.5. The summed E-state index contributed by atoms with van der Waals surface area (Å²) in [5.41, 5.74) is 5.60. The van der Waals surface area contributed by atoms with Crippen LogP contribution in [0.2, 0.25) is 0 Å². The lowest BCUT2D eigenvalue weighted by atomic mass is 9.71. The van der Waals surface area contributed by atoms with Crippen LogP contribution in [0.1, 0.15) is 63.5 Å². The zero-order valence-electron chi connectivity index (χ0n) is 31.6. The first-order chi connectivity index (χ1) is 25.3. The number of carbonyl (C=O) groups is 2. The molecule has 0 radical (unpaired) electrons. The van der Waals surface area contributed by atoms with E-state index < -0.39 is 36.0 Å². The van der Waals surface area contributed by atoms with Crippen LogP contribution in [0, 0.1) is 32.1 Å². The molecule has 2 bridgehead atoms. The Hall–Kier alpha value is -5.45. The first-order valence-corrected chi connectivity index (χ1v) is 17.5. The van der Waals surface area contributed by atoms with Crippen molar-refractivity contribution in [2.45, 2.75) is 70.7 Å². The molecular weight excluding hydrogens is 678 g/mol. The van der Waals surface area contributed by atoms with Crippen molar-refractivity contribution >= 4 is 17.9 Å². The number of amides is 2. The lowest BCUT2D eigenvalue weighted by Gasteiger charge is -2.60. The molecule has 3 aliphatic rings. The number of hydrogen-bond donors (Lipinski definition) is 4. The number of hydrogen-bond acceptors (Lipinski definition) is 11. The van der Waals surface area contributed by atoms with Crippen LogP contribution in [-0.4, -0.2) is 92.0 Å². The molecule has 280 valence electrons. The standard InChI is InChI=1S/C40H47N5O8/c1-19-12-10-11-13-23(19)14-26(43-22(4)46)40(49)42-18-30-31-24(36(50-6)20(2)38(52-8)34(31)47)16-28-33-32-25(15-27(44(33)5)29(17-41)45(28)30)37(51-7)21(3)39(53-9)35(32)48/h10-14,27-30,33,47-48H,15-16,18H2,1-9H3,(H,42,49)(H,43,46)/b26-14-/t27-,28-,29-,30-,33-/m0/s1. The molecule has 3 aromatic rings. The number of nitrogens with one attached hydrogen (secondary N) is 2. The van der Waals surface area contributed by atoms with Gasteiger partial charge >= 0.3 is 0 Å². The predicted molar refractivity (Wildman–Crippen MR) is 197 cm³/mol. The van der Waals surface area contributed by atoms with E-state index in [0.29, 0.717) is 57.9 Å². The zero-order valence-corrected chi connectivity index (χ0v) is 31.6. The smallest absolute Gasteiger partial charge is 0.267 e. The van der Waals surface area contributed by atoms with E-state index in [1.807, 2.05) is 45.2 Å². The van der Waals surface area contributed by atoms with Crippen molar-refractivity contribution in [3.8, 4) is 40.6 Å². The summed E-state index contributed by atoms with van der Waals surface area (Å²) in [6.07, 6.45) is 2.33. The normalized spacial score (nSPS) is 22.0. The van der Waals surface area contributed by atoms with Crippen LogP contribution in [0.5, 0.6) is 34.5 Å². The van der Waals surface area contributed by atoms with Gasteiger partial charge in [0, 0.05) is 58.9 Å². The van der Waals surface area contributed by atoms with Gasteiger partial charge in [-0.15, -0.1) is 0 Å². The van der Waals surface area contributed by atoms with E-state index in [1.165, 1.54) is 21.1 Å². The van der Waals surface area contributed by atoms with Crippen LogP contribution in [0.3, 0.4) is 0 Å². The number of nitriles is 1. The van der Waals surface area contributed by atoms with Gasteiger partial charge in [-0.2, -0.15) is 5.26 Å². The van der Waals surface area contributed by atoms with Crippen molar-refractivity contribution in [3.63, 3.8) is 0 Å². The van der Waals surface area contributed by atoms with Gasteiger partial charge in [0.2, 0.25) is 5.91 Å². The van der Waals surface area contributed by atoms with Crippen LogP contribution in [0.15, 0.2) is 30.0 Å². The SMILES string of the molecule is COc1c(C)c(OC)c2c(c1O)[C@@H]1[C@@H]3Cc4c(OC)c(C)c(OC)c(O)c4[C@H](CNC(=O)/C(=C/c4ccccc4C)NC(C)=O)N3[C@@H](C#N)[C@H](C2)N1C. The van der Waals surface area contributed by atoms with Crippen molar-refractivity contribution < 1.29 is 38.7 Å². The number of nitrogens with zero attached hydrogens (tertiary/aromatic N) is 3. The Bertz CT molecular complexity index is 2060. The highest BCUT2D eigenvalue weighted by Gasteiger charge is 2.57. The van der Waals surface area contributed by atoms with Gasteiger partial charge in [0.1, 0.15) is 23.2 Å². The van der Waals surface area contributed by atoms with Crippen molar-refractivity contribution in [2.75, 3.05) is 42.0 Å². The third-order valence-electron chi connectivity index (χ3n) is 11.2. The molecule has 53 heavy (non-hydrogen) atoms. The number of likely N-dealkylation sites (N-methyl/N-ethyl adjacent to an activating group) is 1. The van der Waals surface area contributed by atoms with Gasteiger partial charge < -0.3 is 39.8 Å². The number of phenolic OH excluding ortho intramolecular Hbond substituents is 2. The number of carbonyl (C=O) groups excluding carboxylic acids is 2. The molecule has 3 aliphatic heterocycles. The van der Waals surface area contributed by atoms with E-state index in [1.54, 1.807) is 27.2 Å². The molecule has 13 heteroatoms. The number of methoxy groups -OCH3 is 4.